The Bertz CT molecular complexity index is 1760. The number of ether oxygens (including phenoxy) is 1. The number of hydrogen-bond acceptors (Lipinski definition) is 6. The maximum atomic E-state index is 13.1. The third kappa shape index (κ3) is 6.03. The van der Waals surface area contributed by atoms with Crippen LogP contribution in [0.4, 0.5) is 13.2 Å². The summed E-state index contributed by atoms with van der Waals surface area (Å²) in [7, 11) is 3.11. The Balaban J connectivity index is 1.56. The molecule has 1 heterocycles. The first-order valence-electron chi connectivity index (χ1n) is 12.8. The van der Waals surface area contributed by atoms with Crippen molar-refractivity contribution in [3.8, 4) is 33.5 Å². The van der Waals surface area contributed by atoms with Gasteiger partial charge in [-0.2, -0.15) is 13.2 Å². The molecule has 42 heavy (non-hydrogen) atoms. The van der Waals surface area contributed by atoms with Crippen molar-refractivity contribution in [3.63, 3.8) is 0 Å². The van der Waals surface area contributed by atoms with Gasteiger partial charge in [0, 0.05) is 25.7 Å². The highest BCUT2D eigenvalue weighted by Gasteiger charge is 2.30. The summed E-state index contributed by atoms with van der Waals surface area (Å²) < 4.78 is 49.5. The Hall–Kier alpha value is -4.96. The molecule has 214 valence electrons. The molecule has 0 unspecified atom stereocenters. The lowest BCUT2D eigenvalue weighted by Crippen LogP contribution is -2.27. The minimum atomic E-state index is -4.44. The number of rotatable bonds is 7. The first kappa shape index (κ1) is 28.6. The zero-order chi connectivity index (χ0) is 30.0. The fraction of sp³-hybridized carbons (Fsp3) is 0.156. The van der Waals surface area contributed by atoms with Crippen LogP contribution in [0.15, 0.2) is 89.5 Å². The van der Waals surface area contributed by atoms with Gasteiger partial charge < -0.3 is 19.3 Å². The van der Waals surface area contributed by atoms with E-state index in [1.54, 1.807) is 38.4 Å². The van der Waals surface area contributed by atoms with Crippen LogP contribution >= 0.6 is 0 Å². The van der Waals surface area contributed by atoms with Gasteiger partial charge in [0.05, 0.1) is 11.1 Å². The van der Waals surface area contributed by atoms with E-state index in [4.69, 9.17) is 9.26 Å². The van der Waals surface area contributed by atoms with E-state index in [2.05, 4.69) is 5.16 Å². The van der Waals surface area contributed by atoms with Gasteiger partial charge in [0.15, 0.2) is 12.4 Å². The Kier molecular flexibility index (Phi) is 7.82. The number of halogens is 3. The molecule has 10 heteroatoms. The first-order valence-corrected chi connectivity index (χ1v) is 12.8. The van der Waals surface area contributed by atoms with Gasteiger partial charge in [0.2, 0.25) is 0 Å². The maximum absolute atomic E-state index is 13.1. The van der Waals surface area contributed by atoms with Crippen LogP contribution in [0.25, 0.3) is 44.3 Å². The van der Waals surface area contributed by atoms with E-state index in [-0.39, 0.29) is 18.1 Å². The molecule has 5 aromatic rings. The fourth-order valence-electron chi connectivity index (χ4n) is 4.44. The van der Waals surface area contributed by atoms with Gasteiger partial charge in [-0.1, -0.05) is 53.7 Å². The van der Waals surface area contributed by atoms with E-state index in [0.717, 1.165) is 28.6 Å². The number of aromatic nitrogens is 1. The van der Waals surface area contributed by atoms with E-state index >= 15 is 0 Å². The van der Waals surface area contributed by atoms with E-state index in [0.29, 0.717) is 33.5 Å². The minimum absolute atomic E-state index is 0.210. The molecular weight excluding hydrogens is 549 g/mol. The summed E-state index contributed by atoms with van der Waals surface area (Å²) >= 11 is 0. The van der Waals surface area contributed by atoms with Gasteiger partial charge in [-0.15, -0.1) is 0 Å². The lowest BCUT2D eigenvalue weighted by atomic mass is 9.92. The Morgan fingerprint density at radius 2 is 1.50 bits per heavy atom. The smallest absolute Gasteiger partial charge is 0.416 e. The number of carbonyl (C=O) groups is 2. The van der Waals surface area contributed by atoms with Crippen LogP contribution in [0.1, 0.15) is 21.7 Å². The maximum Gasteiger partial charge on any atom is 0.416 e. The minimum Gasteiger partial charge on any atom is -0.452 e. The molecule has 0 atom stereocenters. The molecule has 0 aliphatic carbocycles. The standard InChI is InChI=1S/C32H25F3N2O5/c1-37(2)30(39)18-41-31(40)24-14-23-13-22(19-7-10-25(11-8-19)32(33,34)35)9-12-27(23)28(15-24)20-3-5-21(6-4-20)29-16-26(17-38)42-36-29/h3-16,38H,17-18H2,1-2H3. The van der Waals surface area contributed by atoms with Crippen molar-refractivity contribution in [2.24, 2.45) is 0 Å². The number of hydrogen-bond donors (Lipinski definition) is 1. The van der Waals surface area contributed by atoms with Gasteiger partial charge in [-0.25, -0.2) is 4.79 Å². The number of amides is 1. The number of carbonyl (C=O) groups excluding carboxylic acids is 2. The molecule has 0 saturated heterocycles. The van der Waals surface area contributed by atoms with E-state index in [9.17, 15) is 27.9 Å². The van der Waals surface area contributed by atoms with Crippen molar-refractivity contribution in [3.05, 3.63) is 102 Å². The van der Waals surface area contributed by atoms with Gasteiger partial charge in [-0.3, -0.25) is 4.79 Å². The first-order chi connectivity index (χ1) is 20.0. The number of aliphatic hydroxyl groups is 1. The van der Waals surface area contributed by atoms with E-state index in [1.165, 1.54) is 17.0 Å². The topological polar surface area (TPSA) is 92.9 Å². The molecule has 0 fully saturated rings. The van der Waals surface area contributed by atoms with Gasteiger partial charge in [0.25, 0.3) is 5.91 Å². The van der Waals surface area contributed by atoms with Crippen molar-refractivity contribution < 1.29 is 37.1 Å². The van der Waals surface area contributed by atoms with Crippen molar-refractivity contribution >= 4 is 22.6 Å². The van der Waals surface area contributed by atoms with Gasteiger partial charge in [-0.05, 0) is 63.4 Å². The Morgan fingerprint density at radius 3 is 2.12 bits per heavy atom. The number of alkyl halides is 3. The molecule has 1 N–H and O–H groups in total. The van der Waals surface area contributed by atoms with Crippen molar-refractivity contribution in [1.82, 2.24) is 10.1 Å². The molecule has 4 aromatic carbocycles. The molecule has 1 amide bonds. The third-order valence-corrected chi connectivity index (χ3v) is 6.77. The second-order valence-electron chi connectivity index (χ2n) is 9.81. The monoisotopic (exact) mass is 574 g/mol. The largest absolute Gasteiger partial charge is 0.452 e. The number of esters is 1. The van der Waals surface area contributed by atoms with Crippen LogP contribution in [0.3, 0.4) is 0 Å². The Labute approximate surface area is 238 Å². The summed E-state index contributed by atoms with van der Waals surface area (Å²) in [5, 5.41) is 14.7. The molecule has 0 aliphatic heterocycles. The van der Waals surface area contributed by atoms with Gasteiger partial charge in [0.1, 0.15) is 12.3 Å². The van der Waals surface area contributed by atoms with Crippen LogP contribution in [-0.4, -0.2) is 47.7 Å². The normalized spacial score (nSPS) is 11.5. The summed E-state index contributed by atoms with van der Waals surface area (Å²) in [5.41, 5.74) is 3.51. The summed E-state index contributed by atoms with van der Waals surface area (Å²) in [6.07, 6.45) is -4.44. The quantitative estimate of drug-likeness (QED) is 0.221. The van der Waals surface area contributed by atoms with Crippen LogP contribution in [0.2, 0.25) is 0 Å². The molecular formula is C32H25F3N2O5. The molecule has 7 nitrogen and oxygen atoms in total. The van der Waals surface area contributed by atoms with Crippen LogP contribution < -0.4 is 0 Å². The van der Waals surface area contributed by atoms with Gasteiger partial charge >= 0.3 is 12.1 Å². The zero-order valence-electron chi connectivity index (χ0n) is 22.6. The highest BCUT2D eigenvalue weighted by Crippen LogP contribution is 2.36. The average molecular weight is 575 g/mol. The fourth-order valence-corrected chi connectivity index (χ4v) is 4.44. The molecule has 0 radical (unpaired) electrons. The summed E-state index contributed by atoms with van der Waals surface area (Å²) in [5.74, 6) is -0.728. The van der Waals surface area contributed by atoms with E-state index in [1.807, 2.05) is 36.4 Å². The van der Waals surface area contributed by atoms with Crippen LogP contribution in [-0.2, 0) is 22.3 Å². The number of likely N-dealkylation sites (N-methyl/N-ethyl adjacent to an activating group) is 1. The van der Waals surface area contributed by atoms with Crippen molar-refractivity contribution in [2.45, 2.75) is 12.8 Å². The lowest BCUT2D eigenvalue weighted by Gasteiger charge is -2.14. The molecule has 0 spiro atoms. The SMILES string of the molecule is CN(C)C(=O)COC(=O)c1cc(-c2ccc(-c3cc(CO)on3)cc2)c2ccc(-c3ccc(C(F)(F)F)cc3)cc2c1. The lowest BCUT2D eigenvalue weighted by molar-refractivity contribution is -0.137. The van der Waals surface area contributed by atoms with Crippen molar-refractivity contribution in [1.29, 1.82) is 0 Å². The number of benzene rings is 4. The summed E-state index contributed by atoms with van der Waals surface area (Å²) in [4.78, 5) is 26.3. The second-order valence-corrected chi connectivity index (χ2v) is 9.81. The Morgan fingerprint density at radius 1 is 0.857 bits per heavy atom. The number of nitrogens with zero attached hydrogens (tertiary/aromatic N) is 2. The number of aliphatic hydroxyl groups excluding tert-OH is 1. The molecule has 0 saturated carbocycles. The molecule has 5 rings (SSSR count). The third-order valence-electron chi connectivity index (χ3n) is 6.77. The molecule has 1 aromatic heterocycles. The summed E-state index contributed by atoms with van der Waals surface area (Å²) in [6.45, 7) is -0.693. The van der Waals surface area contributed by atoms with Crippen LogP contribution in [0, 0.1) is 0 Å². The summed E-state index contributed by atoms with van der Waals surface area (Å²) in [6, 6.07) is 22.6. The highest BCUT2D eigenvalue weighted by atomic mass is 19.4. The molecule has 0 aliphatic rings. The number of fused-ring (bicyclic) bond motifs is 1. The van der Waals surface area contributed by atoms with Crippen LogP contribution in [0.5, 0.6) is 0 Å². The van der Waals surface area contributed by atoms with Crippen molar-refractivity contribution in [2.75, 3.05) is 20.7 Å². The molecule has 0 bridgehead atoms. The highest BCUT2D eigenvalue weighted by molar-refractivity contribution is 6.04. The average Bonchev–Trinajstić information content (AvgIpc) is 3.48. The predicted molar refractivity (Wildman–Crippen MR) is 150 cm³/mol. The second kappa shape index (κ2) is 11.5. The van der Waals surface area contributed by atoms with E-state index < -0.39 is 24.3 Å². The zero-order valence-corrected chi connectivity index (χ0v) is 22.6. The predicted octanol–water partition coefficient (Wildman–Crippen LogP) is 6.58.